The van der Waals surface area contributed by atoms with Crippen LogP contribution in [0, 0.1) is 6.92 Å². The van der Waals surface area contributed by atoms with E-state index in [0.29, 0.717) is 5.56 Å². The van der Waals surface area contributed by atoms with E-state index in [2.05, 4.69) is 4.98 Å². The van der Waals surface area contributed by atoms with E-state index < -0.39 is 5.67 Å². The molecule has 0 amide bonds. The van der Waals surface area contributed by atoms with Gasteiger partial charge in [0, 0.05) is 28.7 Å². The molecule has 0 bridgehead atoms. The summed E-state index contributed by atoms with van der Waals surface area (Å²) in [5.74, 6) is 0. The van der Waals surface area contributed by atoms with Gasteiger partial charge in [-0.1, -0.05) is 18.2 Å². The smallest absolute Gasteiger partial charge is 0.147 e. The number of aryl methyl sites for hydroxylation is 1. The number of halogens is 1. The number of nitrogens with two attached hydrogens (primary N) is 1. The SMILES string of the molecule is Cc1[nH]c2ccccc2c1C(C)(F)CN. The van der Waals surface area contributed by atoms with Crippen molar-refractivity contribution in [3.63, 3.8) is 0 Å². The molecule has 1 aromatic heterocycles. The van der Waals surface area contributed by atoms with Crippen molar-refractivity contribution in [1.29, 1.82) is 0 Å². The first-order valence-electron chi connectivity index (χ1n) is 5.03. The van der Waals surface area contributed by atoms with Crippen LogP contribution in [0.3, 0.4) is 0 Å². The van der Waals surface area contributed by atoms with Crippen LogP contribution >= 0.6 is 0 Å². The average molecular weight is 206 g/mol. The van der Waals surface area contributed by atoms with Crippen LogP contribution in [-0.4, -0.2) is 11.5 Å². The first-order valence-corrected chi connectivity index (χ1v) is 5.03. The van der Waals surface area contributed by atoms with Crippen LogP contribution in [-0.2, 0) is 5.67 Å². The standard InChI is InChI=1S/C12H15FN2/c1-8-11(12(2,13)7-14)9-5-3-4-6-10(9)15-8/h3-6,15H,7,14H2,1-2H3. The maximum absolute atomic E-state index is 14.2. The van der Waals surface area contributed by atoms with E-state index in [-0.39, 0.29) is 6.54 Å². The van der Waals surface area contributed by atoms with Gasteiger partial charge in [-0.25, -0.2) is 4.39 Å². The van der Waals surface area contributed by atoms with Crippen molar-refractivity contribution in [3.8, 4) is 0 Å². The molecular formula is C12H15FN2. The zero-order valence-electron chi connectivity index (χ0n) is 8.97. The van der Waals surface area contributed by atoms with Crippen molar-refractivity contribution in [2.75, 3.05) is 6.54 Å². The highest BCUT2D eigenvalue weighted by atomic mass is 19.1. The van der Waals surface area contributed by atoms with Crippen LogP contribution in [0.25, 0.3) is 10.9 Å². The Hall–Kier alpha value is -1.35. The first-order chi connectivity index (χ1) is 7.06. The molecule has 0 saturated heterocycles. The molecule has 0 aliphatic heterocycles. The summed E-state index contributed by atoms with van der Waals surface area (Å²) in [5.41, 5.74) is 6.49. The molecule has 1 aromatic carbocycles. The van der Waals surface area contributed by atoms with Crippen molar-refractivity contribution in [3.05, 3.63) is 35.5 Å². The van der Waals surface area contributed by atoms with Crippen molar-refractivity contribution in [1.82, 2.24) is 4.98 Å². The highest BCUT2D eigenvalue weighted by molar-refractivity contribution is 5.85. The predicted octanol–water partition coefficient (Wildman–Crippen LogP) is 2.62. The first kappa shape index (κ1) is 10.2. The second kappa shape index (κ2) is 3.35. The van der Waals surface area contributed by atoms with Crippen LogP contribution in [0.1, 0.15) is 18.2 Å². The molecule has 1 unspecified atom stereocenters. The van der Waals surface area contributed by atoms with E-state index in [0.717, 1.165) is 16.6 Å². The van der Waals surface area contributed by atoms with Crippen LogP contribution in [0.4, 0.5) is 4.39 Å². The van der Waals surface area contributed by atoms with Crippen molar-refractivity contribution in [2.24, 2.45) is 5.73 Å². The van der Waals surface area contributed by atoms with Crippen LogP contribution in [0.2, 0.25) is 0 Å². The van der Waals surface area contributed by atoms with Crippen molar-refractivity contribution < 1.29 is 4.39 Å². The lowest BCUT2D eigenvalue weighted by Crippen LogP contribution is -2.27. The highest BCUT2D eigenvalue weighted by Crippen LogP contribution is 2.33. The van der Waals surface area contributed by atoms with Gasteiger partial charge in [0.25, 0.3) is 0 Å². The Morgan fingerprint density at radius 2 is 2.07 bits per heavy atom. The van der Waals surface area contributed by atoms with Gasteiger partial charge in [-0.15, -0.1) is 0 Å². The summed E-state index contributed by atoms with van der Waals surface area (Å²) in [6, 6.07) is 7.70. The number of hydrogen-bond donors (Lipinski definition) is 2. The maximum Gasteiger partial charge on any atom is 0.147 e. The van der Waals surface area contributed by atoms with Crippen LogP contribution in [0.5, 0.6) is 0 Å². The van der Waals surface area contributed by atoms with Gasteiger partial charge in [0.2, 0.25) is 0 Å². The summed E-state index contributed by atoms with van der Waals surface area (Å²) in [5, 5.41) is 0.922. The van der Waals surface area contributed by atoms with Gasteiger partial charge in [0.15, 0.2) is 0 Å². The van der Waals surface area contributed by atoms with Gasteiger partial charge in [-0.05, 0) is 19.9 Å². The lowest BCUT2D eigenvalue weighted by Gasteiger charge is -2.18. The number of fused-ring (bicyclic) bond motifs is 1. The largest absolute Gasteiger partial charge is 0.358 e. The summed E-state index contributed by atoms with van der Waals surface area (Å²) >= 11 is 0. The van der Waals surface area contributed by atoms with Gasteiger partial charge < -0.3 is 10.7 Å². The Labute approximate surface area is 88.3 Å². The minimum atomic E-state index is -1.47. The lowest BCUT2D eigenvalue weighted by molar-refractivity contribution is 0.204. The van der Waals surface area contributed by atoms with E-state index >= 15 is 0 Å². The molecular weight excluding hydrogens is 191 g/mol. The third-order valence-corrected chi connectivity index (χ3v) is 2.80. The molecule has 0 aliphatic rings. The molecule has 15 heavy (non-hydrogen) atoms. The summed E-state index contributed by atoms with van der Waals surface area (Å²) < 4.78 is 14.2. The Bertz CT molecular complexity index is 485. The lowest BCUT2D eigenvalue weighted by atomic mass is 9.95. The minimum absolute atomic E-state index is 0.00428. The fraction of sp³-hybridized carbons (Fsp3) is 0.333. The van der Waals surface area contributed by atoms with Gasteiger partial charge >= 0.3 is 0 Å². The fourth-order valence-electron chi connectivity index (χ4n) is 2.05. The number of hydrogen-bond acceptors (Lipinski definition) is 1. The summed E-state index contributed by atoms with van der Waals surface area (Å²) in [4.78, 5) is 3.17. The topological polar surface area (TPSA) is 41.8 Å². The molecule has 0 aliphatic carbocycles. The van der Waals surface area contributed by atoms with E-state index in [1.165, 1.54) is 6.92 Å². The number of para-hydroxylation sites is 1. The molecule has 2 rings (SSSR count). The summed E-state index contributed by atoms with van der Waals surface area (Å²) in [6.07, 6.45) is 0. The molecule has 3 heteroatoms. The number of aromatic nitrogens is 1. The molecule has 0 fully saturated rings. The fourth-order valence-corrected chi connectivity index (χ4v) is 2.05. The highest BCUT2D eigenvalue weighted by Gasteiger charge is 2.29. The maximum atomic E-state index is 14.2. The zero-order valence-corrected chi connectivity index (χ0v) is 8.97. The molecule has 2 nitrogen and oxygen atoms in total. The van der Waals surface area contributed by atoms with E-state index in [4.69, 9.17) is 5.73 Å². The predicted molar refractivity (Wildman–Crippen MR) is 60.6 cm³/mol. The molecule has 0 radical (unpaired) electrons. The normalized spacial score (nSPS) is 15.5. The molecule has 80 valence electrons. The minimum Gasteiger partial charge on any atom is -0.358 e. The summed E-state index contributed by atoms with van der Waals surface area (Å²) in [6.45, 7) is 3.40. The molecule has 1 atom stereocenters. The van der Waals surface area contributed by atoms with Gasteiger partial charge in [-0.2, -0.15) is 0 Å². The Kier molecular flexibility index (Phi) is 2.27. The van der Waals surface area contributed by atoms with E-state index in [9.17, 15) is 4.39 Å². The van der Waals surface area contributed by atoms with E-state index in [1.54, 1.807) is 0 Å². The Morgan fingerprint density at radius 1 is 1.40 bits per heavy atom. The van der Waals surface area contributed by atoms with Crippen LogP contribution in [0.15, 0.2) is 24.3 Å². The quantitative estimate of drug-likeness (QED) is 0.779. The molecule has 0 spiro atoms. The Balaban J connectivity index is 2.74. The van der Waals surface area contributed by atoms with Gasteiger partial charge in [0.05, 0.1) is 0 Å². The second-order valence-corrected chi connectivity index (χ2v) is 4.07. The zero-order chi connectivity index (χ0) is 11.1. The van der Waals surface area contributed by atoms with Gasteiger partial charge in [0.1, 0.15) is 5.67 Å². The number of H-pyrrole nitrogens is 1. The average Bonchev–Trinajstić information content (AvgIpc) is 2.54. The Morgan fingerprint density at radius 3 is 2.73 bits per heavy atom. The number of benzene rings is 1. The number of alkyl halides is 1. The van der Waals surface area contributed by atoms with Crippen LogP contribution < -0.4 is 5.73 Å². The molecule has 3 N–H and O–H groups in total. The number of nitrogens with one attached hydrogen (secondary N) is 1. The van der Waals surface area contributed by atoms with Gasteiger partial charge in [-0.3, -0.25) is 0 Å². The van der Waals surface area contributed by atoms with Crippen molar-refractivity contribution >= 4 is 10.9 Å². The van der Waals surface area contributed by atoms with Crippen molar-refractivity contribution in [2.45, 2.75) is 19.5 Å². The molecule has 2 aromatic rings. The number of rotatable bonds is 2. The molecule has 1 heterocycles. The third-order valence-electron chi connectivity index (χ3n) is 2.80. The third kappa shape index (κ3) is 1.53. The van der Waals surface area contributed by atoms with E-state index in [1.807, 2.05) is 31.2 Å². The monoisotopic (exact) mass is 206 g/mol. The molecule has 0 saturated carbocycles. The second-order valence-electron chi connectivity index (χ2n) is 4.07. The number of aromatic amines is 1. The summed E-state index contributed by atoms with van der Waals surface area (Å²) in [7, 11) is 0.